The first-order valence-corrected chi connectivity index (χ1v) is 8.96. The number of hydrogen-bond acceptors (Lipinski definition) is 6. The quantitative estimate of drug-likeness (QED) is 0.496. The first-order chi connectivity index (χ1) is 14.0. The molecular weight excluding hydrogens is 379 g/mol. The van der Waals surface area contributed by atoms with Crippen LogP contribution < -0.4 is 4.90 Å². The summed E-state index contributed by atoms with van der Waals surface area (Å²) < 4.78 is 14.7. The van der Waals surface area contributed by atoms with Crippen LogP contribution >= 0.6 is 0 Å². The zero-order chi connectivity index (χ0) is 20.4. The van der Waals surface area contributed by atoms with Crippen LogP contribution in [0.5, 0.6) is 0 Å². The molecule has 0 bridgehead atoms. The summed E-state index contributed by atoms with van der Waals surface area (Å²) in [4.78, 5) is 27.3. The zero-order valence-electron chi connectivity index (χ0n) is 15.3. The zero-order valence-corrected chi connectivity index (χ0v) is 15.3. The summed E-state index contributed by atoms with van der Waals surface area (Å²) in [7, 11) is 0. The van der Waals surface area contributed by atoms with Gasteiger partial charge in [0.1, 0.15) is 24.2 Å². The minimum absolute atomic E-state index is 0.0190. The van der Waals surface area contributed by atoms with Crippen LogP contribution in [0.2, 0.25) is 0 Å². The third kappa shape index (κ3) is 3.77. The summed E-state index contributed by atoms with van der Waals surface area (Å²) in [6.07, 6.45) is 2.94. The fraction of sp³-hybridized carbons (Fsp3) is 0.211. The largest absolute Gasteiger partial charge is 0.362 e. The number of piperazine rings is 1. The molecular formula is C19H17FN6O3. The maximum Gasteiger partial charge on any atom is 0.294 e. The lowest BCUT2D eigenvalue weighted by Crippen LogP contribution is -2.49. The average molecular weight is 396 g/mol. The van der Waals surface area contributed by atoms with Gasteiger partial charge in [0.15, 0.2) is 0 Å². The smallest absolute Gasteiger partial charge is 0.294 e. The Morgan fingerprint density at radius 2 is 1.66 bits per heavy atom. The monoisotopic (exact) mass is 396 g/mol. The number of nitrogens with zero attached hydrogens (tertiary/aromatic N) is 6. The van der Waals surface area contributed by atoms with E-state index in [1.54, 1.807) is 21.6 Å². The molecule has 0 spiro atoms. The van der Waals surface area contributed by atoms with Crippen molar-refractivity contribution in [3.63, 3.8) is 0 Å². The van der Waals surface area contributed by atoms with Gasteiger partial charge in [0.25, 0.3) is 11.6 Å². The average Bonchev–Trinajstić information content (AvgIpc) is 3.28. The topological polar surface area (TPSA) is 97.4 Å². The Kier molecular flexibility index (Phi) is 4.90. The number of hydrogen-bond donors (Lipinski definition) is 0. The van der Waals surface area contributed by atoms with Crippen molar-refractivity contribution in [3.05, 3.63) is 76.6 Å². The lowest BCUT2D eigenvalue weighted by Gasteiger charge is -2.36. The third-order valence-corrected chi connectivity index (χ3v) is 4.87. The molecule has 2 aromatic carbocycles. The number of carbonyl (C=O) groups excluding carboxylic acids is 1. The van der Waals surface area contributed by atoms with Crippen LogP contribution in [-0.2, 0) is 0 Å². The van der Waals surface area contributed by atoms with Gasteiger partial charge in [-0.1, -0.05) is 0 Å². The molecule has 3 aromatic rings. The number of nitro benzene ring substituents is 1. The first-order valence-electron chi connectivity index (χ1n) is 8.96. The molecule has 0 N–H and O–H groups in total. The van der Waals surface area contributed by atoms with E-state index >= 15 is 0 Å². The minimum Gasteiger partial charge on any atom is -0.362 e. The van der Waals surface area contributed by atoms with Gasteiger partial charge in [-0.2, -0.15) is 0 Å². The summed E-state index contributed by atoms with van der Waals surface area (Å²) in [5, 5.41) is 19.0. The molecule has 9 nitrogen and oxygen atoms in total. The molecule has 1 fully saturated rings. The van der Waals surface area contributed by atoms with Crippen molar-refractivity contribution in [3.8, 4) is 5.69 Å². The number of nitro groups is 1. The number of benzene rings is 2. The standard InChI is InChI=1S/C19H17FN6O3/c20-15-3-1-14(2-4-15)19(27)24-9-7-23(8-10-24)17-6-5-16(11-18(17)26(28)29)25-12-21-22-13-25/h1-6,11-13H,7-10H2. The molecule has 0 radical (unpaired) electrons. The molecule has 0 saturated carbocycles. The van der Waals surface area contributed by atoms with Gasteiger partial charge in [-0.3, -0.25) is 19.5 Å². The molecule has 0 unspecified atom stereocenters. The number of rotatable bonds is 4. The second-order valence-corrected chi connectivity index (χ2v) is 6.59. The van der Waals surface area contributed by atoms with Crippen molar-refractivity contribution < 1.29 is 14.1 Å². The van der Waals surface area contributed by atoms with Gasteiger partial charge in [0.2, 0.25) is 0 Å². The van der Waals surface area contributed by atoms with E-state index in [4.69, 9.17) is 0 Å². The van der Waals surface area contributed by atoms with Crippen LogP contribution in [0.4, 0.5) is 15.8 Å². The molecule has 148 valence electrons. The number of anilines is 1. The Bertz CT molecular complexity index is 1030. The summed E-state index contributed by atoms with van der Waals surface area (Å²) in [5.74, 6) is -0.573. The fourth-order valence-electron chi connectivity index (χ4n) is 3.35. The number of aromatic nitrogens is 3. The Hall–Kier alpha value is -3.82. The van der Waals surface area contributed by atoms with E-state index in [0.717, 1.165) is 0 Å². The molecule has 29 heavy (non-hydrogen) atoms. The van der Waals surface area contributed by atoms with Crippen molar-refractivity contribution in [2.45, 2.75) is 0 Å². The van der Waals surface area contributed by atoms with Crippen LogP contribution in [0.3, 0.4) is 0 Å². The lowest BCUT2D eigenvalue weighted by molar-refractivity contribution is -0.384. The van der Waals surface area contributed by atoms with Crippen molar-refractivity contribution in [1.82, 2.24) is 19.7 Å². The Morgan fingerprint density at radius 3 is 2.28 bits per heavy atom. The van der Waals surface area contributed by atoms with Gasteiger partial charge in [-0.25, -0.2) is 4.39 Å². The van der Waals surface area contributed by atoms with E-state index in [1.807, 2.05) is 4.90 Å². The highest BCUT2D eigenvalue weighted by molar-refractivity contribution is 5.94. The van der Waals surface area contributed by atoms with Crippen molar-refractivity contribution in [2.75, 3.05) is 31.1 Å². The molecule has 0 atom stereocenters. The molecule has 4 rings (SSSR count). The molecule has 1 aliphatic heterocycles. The van der Waals surface area contributed by atoms with E-state index in [9.17, 15) is 19.3 Å². The first kappa shape index (κ1) is 18.5. The summed E-state index contributed by atoms with van der Waals surface area (Å²) in [6.45, 7) is 1.75. The Balaban J connectivity index is 1.50. The molecule has 1 aliphatic rings. The normalized spacial score (nSPS) is 14.1. The highest BCUT2D eigenvalue weighted by Crippen LogP contribution is 2.31. The predicted molar refractivity (Wildman–Crippen MR) is 103 cm³/mol. The molecule has 1 aromatic heterocycles. The van der Waals surface area contributed by atoms with Crippen LogP contribution in [0.25, 0.3) is 5.69 Å². The summed E-state index contributed by atoms with van der Waals surface area (Å²) >= 11 is 0. The summed E-state index contributed by atoms with van der Waals surface area (Å²) in [5.41, 5.74) is 1.50. The van der Waals surface area contributed by atoms with Crippen LogP contribution in [0.15, 0.2) is 55.1 Å². The second-order valence-electron chi connectivity index (χ2n) is 6.59. The molecule has 1 saturated heterocycles. The summed E-state index contributed by atoms with van der Waals surface area (Å²) in [6, 6.07) is 10.4. The van der Waals surface area contributed by atoms with Crippen LogP contribution in [0, 0.1) is 15.9 Å². The van der Waals surface area contributed by atoms with Crippen molar-refractivity contribution in [1.29, 1.82) is 0 Å². The minimum atomic E-state index is -0.417. The molecule has 10 heteroatoms. The maximum atomic E-state index is 13.1. The molecule has 1 amide bonds. The Morgan fingerprint density at radius 1 is 1.00 bits per heavy atom. The Labute approximate surface area is 165 Å². The number of halogens is 1. The van der Waals surface area contributed by atoms with E-state index < -0.39 is 10.7 Å². The van der Waals surface area contributed by atoms with E-state index in [2.05, 4.69) is 10.2 Å². The van der Waals surface area contributed by atoms with Gasteiger partial charge >= 0.3 is 0 Å². The molecule has 2 heterocycles. The van der Waals surface area contributed by atoms with Crippen molar-refractivity contribution in [2.24, 2.45) is 0 Å². The third-order valence-electron chi connectivity index (χ3n) is 4.87. The van der Waals surface area contributed by atoms with Crippen LogP contribution in [-0.4, -0.2) is 56.7 Å². The lowest BCUT2D eigenvalue weighted by atomic mass is 10.1. The van der Waals surface area contributed by atoms with E-state index in [1.165, 1.54) is 43.0 Å². The van der Waals surface area contributed by atoms with Crippen LogP contribution in [0.1, 0.15) is 10.4 Å². The van der Waals surface area contributed by atoms with Gasteiger partial charge in [0, 0.05) is 37.8 Å². The highest BCUT2D eigenvalue weighted by atomic mass is 19.1. The number of amides is 1. The van der Waals surface area contributed by atoms with Gasteiger partial charge in [-0.15, -0.1) is 10.2 Å². The number of carbonyl (C=O) groups is 1. The van der Waals surface area contributed by atoms with Gasteiger partial charge in [-0.05, 0) is 36.4 Å². The van der Waals surface area contributed by atoms with E-state index in [0.29, 0.717) is 43.1 Å². The highest BCUT2D eigenvalue weighted by Gasteiger charge is 2.26. The van der Waals surface area contributed by atoms with Gasteiger partial charge < -0.3 is 9.80 Å². The predicted octanol–water partition coefficient (Wildman–Crippen LogP) is 2.28. The maximum absolute atomic E-state index is 13.1. The molecule has 0 aliphatic carbocycles. The second kappa shape index (κ2) is 7.66. The SMILES string of the molecule is O=C(c1ccc(F)cc1)N1CCN(c2ccc(-n3cnnc3)cc2[N+](=O)[O-])CC1. The van der Waals surface area contributed by atoms with E-state index in [-0.39, 0.29) is 11.6 Å². The van der Waals surface area contributed by atoms with Crippen molar-refractivity contribution >= 4 is 17.3 Å². The van der Waals surface area contributed by atoms with Gasteiger partial charge in [0.05, 0.1) is 10.6 Å². The fourth-order valence-corrected chi connectivity index (χ4v) is 3.35.